The fourth-order valence-electron chi connectivity index (χ4n) is 2.50. The van der Waals surface area contributed by atoms with Crippen molar-refractivity contribution < 1.29 is 23.2 Å². The van der Waals surface area contributed by atoms with Crippen LogP contribution in [0.3, 0.4) is 0 Å². The van der Waals surface area contributed by atoms with Gasteiger partial charge in [0.05, 0.1) is 17.7 Å². The number of amides is 2. The van der Waals surface area contributed by atoms with Gasteiger partial charge in [0.15, 0.2) is 11.6 Å². The average molecular weight is 362 g/mol. The molecule has 132 valence electrons. The molecule has 0 unspecified atom stereocenters. The number of rotatable bonds is 4. The van der Waals surface area contributed by atoms with Crippen LogP contribution in [0.5, 0.6) is 0 Å². The molecule has 1 fully saturated rings. The molecule has 6 nitrogen and oxygen atoms in total. The largest absolute Gasteiger partial charge is 0.302 e. The van der Waals surface area contributed by atoms with Crippen molar-refractivity contribution in [2.24, 2.45) is 5.92 Å². The molecule has 0 bridgehead atoms. The summed E-state index contributed by atoms with van der Waals surface area (Å²) in [6, 6.07) is 1.39. The number of nitrogens with one attached hydrogen (secondary N) is 2. The molecule has 1 aromatic carbocycles. The Balaban J connectivity index is 1.81. The van der Waals surface area contributed by atoms with Crippen LogP contribution in [0.4, 0.5) is 8.78 Å². The second-order valence-corrected chi connectivity index (χ2v) is 5.91. The zero-order valence-corrected chi connectivity index (χ0v) is 13.8. The summed E-state index contributed by atoms with van der Waals surface area (Å²) >= 11 is 5.70. The minimum absolute atomic E-state index is 0.195. The van der Waals surface area contributed by atoms with E-state index in [0.29, 0.717) is 12.1 Å². The lowest BCUT2D eigenvalue weighted by atomic mass is 9.94. The Bertz CT molecular complexity index is 622. The number of carbonyl (C=O) groups excluding carboxylic acids is 2. The van der Waals surface area contributed by atoms with Crippen molar-refractivity contribution in [1.29, 1.82) is 0 Å². The van der Waals surface area contributed by atoms with Gasteiger partial charge in [-0.25, -0.2) is 8.78 Å². The van der Waals surface area contributed by atoms with Crippen molar-refractivity contribution in [2.75, 3.05) is 20.2 Å². The van der Waals surface area contributed by atoms with Crippen LogP contribution in [-0.2, 0) is 9.63 Å². The van der Waals surface area contributed by atoms with Gasteiger partial charge in [0.1, 0.15) is 0 Å². The van der Waals surface area contributed by atoms with Crippen molar-refractivity contribution >= 4 is 23.4 Å². The lowest BCUT2D eigenvalue weighted by molar-refractivity contribution is -0.150. The Labute approximate surface area is 143 Å². The highest BCUT2D eigenvalue weighted by atomic mass is 35.5. The predicted octanol–water partition coefficient (Wildman–Crippen LogP) is 2.04. The molecular weight excluding hydrogens is 344 g/mol. The number of hydrazine groups is 1. The predicted molar refractivity (Wildman–Crippen MR) is 82.9 cm³/mol. The van der Waals surface area contributed by atoms with Crippen LogP contribution in [0, 0.1) is 17.6 Å². The van der Waals surface area contributed by atoms with E-state index in [1.54, 1.807) is 7.11 Å². The number of benzene rings is 1. The number of hydrogen-bond acceptors (Lipinski definition) is 4. The first-order valence-electron chi connectivity index (χ1n) is 7.43. The molecule has 1 heterocycles. The Morgan fingerprint density at radius 1 is 1.25 bits per heavy atom. The molecule has 2 amide bonds. The van der Waals surface area contributed by atoms with E-state index in [4.69, 9.17) is 16.4 Å². The fourth-order valence-corrected chi connectivity index (χ4v) is 2.74. The smallest absolute Gasteiger partial charge is 0.271 e. The molecule has 0 radical (unpaired) electrons. The van der Waals surface area contributed by atoms with Gasteiger partial charge in [-0.2, -0.15) is 5.06 Å². The molecule has 1 aromatic rings. The van der Waals surface area contributed by atoms with Gasteiger partial charge in [-0.05, 0) is 30.9 Å². The van der Waals surface area contributed by atoms with Crippen LogP contribution < -0.4 is 10.9 Å². The van der Waals surface area contributed by atoms with E-state index in [0.717, 1.165) is 25.9 Å². The molecular formula is C15H18ClF2N3O3. The number of carbonyl (C=O) groups is 2. The summed E-state index contributed by atoms with van der Waals surface area (Å²) in [6.07, 6.45) is 1.87. The summed E-state index contributed by atoms with van der Waals surface area (Å²) in [5, 5.41) is 1.58. The quantitative estimate of drug-likeness (QED) is 0.636. The van der Waals surface area contributed by atoms with E-state index in [1.165, 1.54) is 0 Å². The highest BCUT2D eigenvalue weighted by Gasteiger charge is 2.22. The normalized spacial score (nSPS) is 16.0. The molecule has 2 rings (SSSR count). The summed E-state index contributed by atoms with van der Waals surface area (Å²) in [5.41, 5.74) is 4.15. The van der Waals surface area contributed by atoms with Crippen molar-refractivity contribution in [3.63, 3.8) is 0 Å². The standard InChI is InChI=1S/C15H18ClF2N3O3/c1-24-21-4-2-9(3-5-21)6-14(22)19-20-15(23)10-7-12(17)13(18)8-11(10)16/h7-9H,2-6H2,1H3,(H,19,22)(H,20,23). The van der Waals surface area contributed by atoms with E-state index in [1.807, 2.05) is 5.06 Å². The zero-order valence-electron chi connectivity index (χ0n) is 13.1. The number of hydrogen-bond donors (Lipinski definition) is 2. The maximum Gasteiger partial charge on any atom is 0.271 e. The van der Waals surface area contributed by atoms with Gasteiger partial charge in [0.2, 0.25) is 5.91 Å². The van der Waals surface area contributed by atoms with E-state index in [-0.39, 0.29) is 28.8 Å². The monoisotopic (exact) mass is 361 g/mol. The molecule has 0 saturated carbocycles. The van der Waals surface area contributed by atoms with Crippen LogP contribution in [0.25, 0.3) is 0 Å². The third-order valence-electron chi connectivity index (χ3n) is 3.88. The first-order chi connectivity index (χ1) is 11.4. The first-order valence-corrected chi connectivity index (χ1v) is 7.81. The van der Waals surface area contributed by atoms with Crippen LogP contribution in [0.1, 0.15) is 29.6 Å². The Morgan fingerprint density at radius 2 is 1.88 bits per heavy atom. The average Bonchev–Trinajstić information content (AvgIpc) is 2.56. The molecule has 9 heteroatoms. The van der Waals surface area contributed by atoms with E-state index < -0.39 is 17.5 Å². The van der Waals surface area contributed by atoms with E-state index in [2.05, 4.69) is 10.9 Å². The van der Waals surface area contributed by atoms with Gasteiger partial charge >= 0.3 is 0 Å². The van der Waals surface area contributed by atoms with Crippen LogP contribution in [0.15, 0.2) is 12.1 Å². The van der Waals surface area contributed by atoms with Gasteiger partial charge in [-0.1, -0.05) is 11.6 Å². The maximum atomic E-state index is 13.2. The van der Waals surface area contributed by atoms with E-state index in [9.17, 15) is 18.4 Å². The van der Waals surface area contributed by atoms with Gasteiger partial charge < -0.3 is 4.84 Å². The number of nitrogens with zero attached hydrogens (tertiary/aromatic N) is 1. The third-order valence-corrected chi connectivity index (χ3v) is 4.19. The lowest BCUT2D eigenvalue weighted by Gasteiger charge is -2.29. The summed E-state index contributed by atoms with van der Waals surface area (Å²) in [4.78, 5) is 28.9. The van der Waals surface area contributed by atoms with Crippen molar-refractivity contribution in [1.82, 2.24) is 15.9 Å². The van der Waals surface area contributed by atoms with Crippen molar-refractivity contribution in [3.8, 4) is 0 Å². The molecule has 0 spiro atoms. The summed E-state index contributed by atoms with van der Waals surface area (Å²) in [6.45, 7) is 1.48. The topological polar surface area (TPSA) is 70.7 Å². The molecule has 2 N–H and O–H groups in total. The number of halogens is 3. The Kier molecular flexibility index (Phi) is 6.47. The third kappa shape index (κ3) is 4.86. The first kappa shape index (κ1) is 18.6. The van der Waals surface area contributed by atoms with Crippen LogP contribution in [-0.4, -0.2) is 37.1 Å². The van der Waals surface area contributed by atoms with Crippen molar-refractivity contribution in [2.45, 2.75) is 19.3 Å². The van der Waals surface area contributed by atoms with E-state index >= 15 is 0 Å². The molecule has 0 aromatic heterocycles. The summed E-state index contributed by atoms with van der Waals surface area (Å²) in [7, 11) is 1.60. The summed E-state index contributed by atoms with van der Waals surface area (Å²) < 4.78 is 26.2. The molecule has 1 saturated heterocycles. The van der Waals surface area contributed by atoms with Gasteiger partial charge in [0.25, 0.3) is 5.91 Å². The molecule has 1 aliphatic heterocycles. The second kappa shape index (κ2) is 8.36. The zero-order chi connectivity index (χ0) is 17.7. The highest BCUT2D eigenvalue weighted by molar-refractivity contribution is 6.33. The minimum Gasteiger partial charge on any atom is -0.302 e. The van der Waals surface area contributed by atoms with Gasteiger partial charge in [-0.3, -0.25) is 20.4 Å². The second-order valence-electron chi connectivity index (χ2n) is 5.51. The van der Waals surface area contributed by atoms with Crippen molar-refractivity contribution in [3.05, 3.63) is 34.4 Å². The lowest BCUT2D eigenvalue weighted by Crippen LogP contribution is -2.43. The van der Waals surface area contributed by atoms with Crippen LogP contribution >= 0.6 is 11.6 Å². The number of piperidine rings is 1. The number of hydroxylamine groups is 2. The molecule has 24 heavy (non-hydrogen) atoms. The summed E-state index contributed by atoms with van der Waals surface area (Å²) in [5.74, 6) is -3.33. The molecule has 1 aliphatic rings. The fraction of sp³-hybridized carbons (Fsp3) is 0.467. The molecule has 0 atom stereocenters. The highest BCUT2D eigenvalue weighted by Crippen LogP contribution is 2.21. The SMILES string of the molecule is CON1CCC(CC(=O)NNC(=O)c2cc(F)c(F)cc2Cl)CC1. The maximum absolute atomic E-state index is 13.2. The van der Waals surface area contributed by atoms with Gasteiger partial charge in [0, 0.05) is 19.5 Å². The molecule has 0 aliphatic carbocycles. The van der Waals surface area contributed by atoms with Crippen LogP contribution in [0.2, 0.25) is 5.02 Å². The Morgan fingerprint density at radius 3 is 2.50 bits per heavy atom. The minimum atomic E-state index is -1.19. The van der Waals surface area contributed by atoms with Gasteiger partial charge in [-0.15, -0.1) is 0 Å². The Hall–Kier alpha value is -1.77.